The van der Waals surface area contributed by atoms with E-state index in [1.807, 2.05) is 13.8 Å². The fourth-order valence-corrected chi connectivity index (χ4v) is 4.12. The van der Waals surface area contributed by atoms with Crippen LogP contribution >= 0.6 is 11.6 Å². The first-order chi connectivity index (χ1) is 10.1. The van der Waals surface area contributed by atoms with Gasteiger partial charge in [-0.2, -0.15) is 0 Å². The maximum absolute atomic E-state index is 8.84. The van der Waals surface area contributed by atoms with Gasteiger partial charge in [0.1, 0.15) is 12.2 Å². The third-order valence-electron chi connectivity index (χ3n) is 4.41. The molecule has 2 rings (SSSR count). The standard InChI is InChI=1S/C14H24ClN3O3Si/c1-8(2)22(5,6)21-12-10(17-18-16)7-9(15)11-13(12)20-14(3,4)19-11/h7-8,10-13H,1-6H3/t10-,11-,12-,13-/m1/s1. The maximum Gasteiger partial charge on any atom is 0.189 e. The summed E-state index contributed by atoms with van der Waals surface area (Å²) in [5.74, 6) is -0.736. The summed E-state index contributed by atoms with van der Waals surface area (Å²) < 4.78 is 18.3. The van der Waals surface area contributed by atoms with Crippen LogP contribution in [0.2, 0.25) is 18.6 Å². The number of hydrogen-bond acceptors (Lipinski definition) is 4. The van der Waals surface area contributed by atoms with Crippen LogP contribution in [0, 0.1) is 0 Å². The molecule has 4 atom stereocenters. The van der Waals surface area contributed by atoms with Gasteiger partial charge < -0.3 is 13.9 Å². The van der Waals surface area contributed by atoms with Crippen LogP contribution in [0.5, 0.6) is 0 Å². The van der Waals surface area contributed by atoms with Crippen molar-refractivity contribution in [1.82, 2.24) is 0 Å². The number of fused-ring (bicyclic) bond motifs is 1. The Kier molecular flexibility index (Phi) is 4.97. The summed E-state index contributed by atoms with van der Waals surface area (Å²) in [5, 5.41) is 4.36. The van der Waals surface area contributed by atoms with Gasteiger partial charge >= 0.3 is 0 Å². The molecule has 1 aliphatic heterocycles. The van der Waals surface area contributed by atoms with E-state index in [0.717, 1.165) is 0 Å². The van der Waals surface area contributed by atoms with E-state index in [9.17, 15) is 0 Å². The fourth-order valence-electron chi connectivity index (χ4n) is 2.57. The van der Waals surface area contributed by atoms with Gasteiger partial charge in [0.2, 0.25) is 0 Å². The van der Waals surface area contributed by atoms with E-state index in [4.69, 9.17) is 31.0 Å². The molecular formula is C14H24ClN3O3Si. The Labute approximate surface area is 137 Å². The van der Waals surface area contributed by atoms with Crippen LogP contribution < -0.4 is 0 Å². The molecule has 1 heterocycles. The Hall–Kier alpha value is -0.563. The molecule has 124 valence electrons. The molecule has 0 bridgehead atoms. The highest BCUT2D eigenvalue weighted by molar-refractivity contribution is 6.72. The third kappa shape index (κ3) is 3.50. The minimum absolute atomic E-state index is 0.367. The summed E-state index contributed by atoms with van der Waals surface area (Å²) in [6.45, 7) is 12.3. The van der Waals surface area contributed by atoms with Crippen LogP contribution in [-0.2, 0) is 13.9 Å². The van der Waals surface area contributed by atoms with Crippen molar-refractivity contribution in [2.75, 3.05) is 0 Å². The molecule has 6 nitrogen and oxygen atoms in total. The first-order valence-corrected chi connectivity index (χ1v) is 10.9. The van der Waals surface area contributed by atoms with Gasteiger partial charge in [0, 0.05) is 9.94 Å². The number of halogens is 1. The predicted octanol–water partition coefficient (Wildman–Crippen LogP) is 4.32. The molecule has 0 unspecified atom stereocenters. The molecule has 0 aromatic carbocycles. The lowest BCUT2D eigenvalue weighted by atomic mass is 9.95. The Morgan fingerprint density at radius 1 is 1.41 bits per heavy atom. The van der Waals surface area contributed by atoms with Crippen LogP contribution in [0.15, 0.2) is 16.2 Å². The van der Waals surface area contributed by atoms with Crippen LogP contribution in [0.25, 0.3) is 10.4 Å². The summed E-state index contributed by atoms with van der Waals surface area (Å²) in [5.41, 5.74) is 9.27. The molecule has 0 radical (unpaired) electrons. The van der Waals surface area contributed by atoms with Crippen molar-refractivity contribution in [3.63, 3.8) is 0 Å². The lowest BCUT2D eigenvalue weighted by Gasteiger charge is -2.40. The number of hydrogen-bond donors (Lipinski definition) is 0. The first kappa shape index (κ1) is 17.8. The molecule has 0 saturated carbocycles. The highest BCUT2D eigenvalue weighted by Crippen LogP contribution is 2.42. The van der Waals surface area contributed by atoms with E-state index >= 15 is 0 Å². The van der Waals surface area contributed by atoms with E-state index in [2.05, 4.69) is 37.0 Å². The molecule has 0 spiro atoms. The normalized spacial score (nSPS) is 34.1. The molecular weight excluding hydrogens is 322 g/mol. The Balaban J connectivity index is 2.36. The largest absolute Gasteiger partial charge is 0.411 e. The molecule has 1 aliphatic carbocycles. The molecule has 0 aromatic rings. The van der Waals surface area contributed by atoms with Crippen molar-refractivity contribution in [2.24, 2.45) is 5.11 Å². The summed E-state index contributed by atoms with van der Waals surface area (Å²) in [7, 11) is -1.96. The van der Waals surface area contributed by atoms with Crippen molar-refractivity contribution in [3.8, 4) is 0 Å². The maximum atomic E-state index is 8.84. The highest BCUT2D eigenvalue weighted by atomic mass is 35.5. The van der Waals surface area contributed by atoms with E-state index < -0.39 is 20.1 Å². The average molecular weight is 346 g/mol. The molecule has 1 fully saturated rings. The Morgan fingerprint density at radius 3 is 2.59 bits per heavy atom. The summed E-state index contributed by atoms with van der Waals surface area (Å²) in [6.07, 6.45) is 0.606. The number of rotatable bonds is 4. The second-order valence-electron chi connectivity index (χ2n) is 7.11. The van der Waals surface area contributed by atoms with Crippen LogP contribution in [0.3, 0.4) is 0 Å². The Bertz CT molecular complexity index is 517. The minimum Gasteiger partial charge on any atom is -0.411 e. The summed E-state index contributed by atoms with van der Waals surface area (Å²) in [4.78, 5) is 2.93. The predicted molar refractivity (Wildman–Crippen MR) is 88.1 cm³/mol. The number of nitrogens with zero attached hydrogens (tertiary/aromatic N) is 3. The lowest BCUT2D eigenvalue weighted by Crippen LogP contribution is -2.52. The first-order valence-electron chi connectivity index (χ1n) is 7.52. The summed E-state index contributed by atoms with van der Waals surface area (Å²) >= 11 is 6.30. The van der Waals surface area contributed by atoms with Gasteiger partial charge in [-0.3, -0.25) is 0 Å². The highest BCUT2D eigenvalue weighted by Gasteiger charge is 2.52. The van der Waals surface area contributed by atoms with Gasteiger partial charge in [0.05, 0.1) is 12.1 Å². The summed E-state index contributed by atoms with van der Waals surface area (Å²) in [6, 6.07) is -0.484. The fraction of sp³-hybridized carbons (Fsp3) is 0.857. The van der Waals surface area contributed by atoms with Gasteiger partial charge in [-0.05, 0) is 38.0 Å². The lowest BCUT2D eigenvalue weighted by molar-refractivity contribution is -0.152. The topological polar surface area (TPSA) is 76.5 Å². The molecule has 2 aliphatic rings. The van der Waals surface area contributed by atoms with E-state index in [1.165, 1.54) is 0 Å². The molecule has 0 amide bonds. The van der Waals surface area contributed by atoms with Crippen molar-refractivity contribution < 1.29 is 13.9 Å². The number of ether oxygens (including phenoxy) is 2. The van der Waals surface area contributed by atoms with E-state index in [1.54, 1.807) is 6.08 Å². The quantitative estimate of drug-likeness (QED) is 0.329. The zero-order chi connectivity index (χ0) is 16.7. The molecule has 0 N–H and O–H groups in total. The van der Waals surface area contributed by atoms with Gasteiger partial charge in [0.25, 0.3) is 0 Å². The minimum atomic E-state index is -1.96. The van der Waals surface area contributed by atoms with Crippen molar-refractivity contribution >= 4 is 19.9 Å². The second kappa shape index (κ2) is 6.15. The molecule has 22 heavy (non-hydrogen) atoms. The number of azide groups is 1. The zero-order valence-electron chi connectivity index (χ0n) is 13.9. The van der Waals surface area contributed by atoms with Crippen molar-refractivity contribution in [3.05, 3.63) is 21.6 Å². The van der Waals surface area contributed by atoms with Gasteiger partial charge in [-0.25, -0.2) is 0 Å². The third-order valence-corrected chi connectivity index (χ3v) is 8.41. The van der Waals surface area contributed by atoms with Crippen LogP contribution in [0.4, 0.5) is 0 Å². The van der Waals surface area contributed by atoms with Crippen molar-refractivity contribution in [1.29, 1.82) is 0 Å². The van der Waals surface area contributed by atoms with E-state index in [-0.39, 0.29) is 18.3 Å². The SMILES string of the molecule is CC(C)[Si](C)(C)O[C@H]1[C@@H]2OC(C)(C)O[C@@H]2C(Cl)=C[C@H]1N=[N+]=[N-]. The van der Waals surface area contributed by atoms with Crippen LogP contribution in [0.1, 0.15) is 27.7 Å². The van der Waals surface area contributed by atoms with Crippen LogP contribution in [-0.4, -0.2) is 38.5 Å². The van der Waals surface area contributed by atoms with Gasteiger partial charge in [-0.15, -0.1) is 0 Å². The second-order valence-corrected chi connectivity index (χ2v) is 12.1. The molecule has 0 aromatic heterocycles. The Morgan fingerprint density at radius 2 is 2.05 bits per heavy atom. The average Bonchev–Trinajstić information content (AvgIpc) is 2.70. The zero-order valence-corrected chi connectivity index (χ0v) is 15.7. The van der Waals surface area contributed by atoms with E-state index in [0.29, 0.717) is 10.6 Å². The van der Waals surface area contributed by atoms with Gasteiger partial charge in [0.15, 0.2) is 14.1 Å². The van der Waals surface area contributed by atoms with Gasteiger partial charge in [-0.1, -0.05) is 36.6 Å². The smallest absolute Gasteiger partial charge is 0.189 e. The monoisotopic (exact) mass is 345 g/mol. The van der Waals surface area contributed by atoms with Crippen molar-refractivity contribution in [2.45, 2.75) is 76.5 Å². The molecule has 1 saturated heterocycles. The molecule has 8 heteroatoms.